The number of halogens is 7. The van der Waals surface area contributed by atoms with Crippen molar-refractivity contribution in [2.24, 2.45) is 5.92 Å². The van der Waals surface area contributed by atoms with Crippen LogP contribution >= 0.6 is 0 Å². The van der Waals surface area contributed by atoms with Gasteiger partial charge in [0.25, 0.3) is 0 Å². The van der Waals surface area contributed by atoms with Gasteiger partial charge in [-0.15, -0.1) is 12.1 Å². The third-order valence-electron chi connectivity index (χ3n) is 5.48. The minimum atomic E-state index is -1.26. The fraction of sp³-hybridized carbons (Fsp3) is 0.567. The summed E-state index contributed by atoms with van der Waals surface area (Å²) in [4.78, 5) is 11.9. The molecule has 1 aliphatic rings. The first-order valence-electron chi connectivity index (χ1n) is 13.5. The van der Waals surface area contributed by atoms with Crippen molar-refractivity contribution in [3.63, 3.8) is 0 Å². The van der Waals surface area contributed by atoms with Gasteiger partial charge in [-0.05, 0) is 57.6 Å². The van der Waals surface area contributed by atoms with Crippen molar-refractivity contribution >= 4 is 29.1 Å². The average molecular weight is 729 g/mol. The first-order valence-corrected chi connectivity index (χ1v) is 13.5. The normalized spacial score (nSPS) is 12.7. The number of hydrogen-bond acceptors (Lipinski definition) is 6. The van der Waals surface area contributed by atoms with E-state index >= 15 is 0 Å². The Morgan fingerprint density at radius 3 is 1.96 bits per heavy atom. The molecule has 0 radical (unpaired) electrons. The third-order valence-corrected chi connectivity index (χ3v) is 5.48. The van der Waals surface area contributed by atoms with Gasteiger partial charge in [-0.2, -0.15) is 0 Å². The van der Waals surface area contributed by atoms with Crippen LogP contribution in [0.2, 0.25) is 0 Å². The predicted molar refractivity (Wildman–Crippen MR) is 152 cm³/mol. The van der Waals surface area contributed by atoms with Crippen molar-refractivity contribution in [2.75, 3.05) is 41.0 Å². The summed E-state index contributed by atoms with van der Waals surface area (Å²) < 4.78 is 101. The molecule has 1 fully saturated rings. The maximum atomic E-state index is 13.8. The van der Waals surface area contributed by atoms with Crippen LogP contribution < -0.4 is 22.3 Å². The largest absolute Gasteiger partial charge is 2.00 e. The van der Waals surface area contributed by atoms with Gasteiger partial charge >= 0.3 is 29.1 Å². The maximum Gasteiger partial charge on any atom is 2.00 e. The van der Waals surface area contributed by atoms with Crippen LogP contribution in [0.5, 0.6) is 0 Å². The molecule has 1 saturated carbocycles. The molecule has 3 rings (SSSR count). The SMILES string of the molecule is COCOCCC1CC1.COCOCC[C@@H](Cc1cc(F)c(F)cc1F)NC(=O)OC(C)(C)C.Fc1[c-]cc(F)c(F)c1.[Br-].[Mg+2]. The van der Waals surface area contributed by atoms with Gasteiger partial charge in [-0.1, -0.05) is 18.9 Å². The summed E-state index contributed by atoms with van der Waals surface area (Å²) in [6.07, 6.45) is 3.63. The first kappa shape index (κ1) is 45.5. The van der Waals surface area contributed by atoms with Crippen molar-refractivity contribution in [2.45, 2.75) is 64.5 Å². The van der Waals surface area contributed by atoms with Crippen LogP contribution in [0.25, 0.3) is 0 Å². The van der Waals surface area contributed by atoms with Crippen molar-refractivity contribution in [1.29, 1.82) is 0 Å². The van der Waals surface area contributed by atoms with Crippen molar-refractivity contribution in [3.8, 4) is 0 Å². The van der Waals surface area contributed by atoms with E-state index < -0.39 is 52.6 Å². The van der Waals surface area contributed by atoms with Crippen LogP contribution in [-0.4, -0.2) is 81.8 Å². The van der Waals surface area contributed by atoms with Gasteiger partial charge in [-0.3, -0.25) is 4.39 Å². The second-order valence-electron chi connectivity index (χ2n) is 10.5. The van der Waals surface area contributed by atoms with Crippen LogP contribution in [0.1, 0.15) is 52.0 Å². The Morgan fingerprint density at radius 2 is 1.44 bits per heavy atom. The number of ether oxygens (including phenoxy) is 5. The van der Waals surface area contributed by atoms with Gasteiger partial charge < -0.3 is 46.0 Å². The molecule has 0 aliphatic heterocycles. The standard InChI is InChI=1S/C17H24F3NO4.C7H14O2.C6H2F3.BrH.Mg/c1-17(2,3)25-16(22)21-12(5-6-24-10-23-4)7-11-8-14(19)15(20)9-13(11)18;1-8-6-9-5-4-7-2-3-7;7-4-1-2-5(8)6(9)3-4;;/h8-9,12H,5-7,10H2,1-4H3,(H,21,22);7H,2-6H2,1H3;2-3H;1H;/q;;-1;;+2/p-1/t12-;;;;/m0..../s1. The minimum Gasteiger partial charge on any atom is -1.00 e. The smallest absolute Gasteiger partial charge is 1.00 e. The zero-order valence-electron chi connectivity index (χ0n) is 26.1. The molecule has 0 unspecified atom stereocenters. The molecule has 252 valence electrons. The van der Waals surface area contributed by atoms with E-state index in [1.165, 1.54) is 26.4 Å². The van der Waals surface area contributed by atoms with Gasteiger partial charge in [0.15, 0.2) is 11.6 Å². The third kappa shape index (κ3) is 22.5. The molecule has 15 heteroatoms. The molecule has 0 saturated heterocycles. The van der Waals surface area contributed by atoms with E-state index in [1.54, 1.807) is 27.9 Å². The van der Waals surface area contributed by atoms with Crippen LogP contribution in [0, 0.1) is 46.9 Å². The van der Waals surface area contributed by atoms with Crippen molar-refractivity contribution in [1.82, 2.24) is 5.32 Å². The van der Waals surface area contributed by atoms with Gasteiger partial charge in [0, 0.05) is 44.6 Å². The van der Waals surface area contributed by atoms with Crippen LogP contribution in [0.3, 0.4) is 0 Å². The molecule has 7 nitrogen and oxygen atoms in total. The van der Waals surface area contributed by atoms with E-state index in [4.69, 9.17) is 23.7 Å². The Hall–Kier alpha value is -1.62. The first-order chi connectivity index (χ1) is 20.2. The molecule has 0 spiro atoms. The quantitative estimate of drug-likeness (QED) is 0.0852. The van der Waals surface area contributed by atoms with Crippen LogP contribution in [0.15, 0.2) is 24.3 Å². The molecule has 1 aliphatic carbocycles. The Kier molecular flexibility index (Phi) is 24.8. The molecular weight excluding hydrogens is 689 g/mol. The monoisotopic (exact) mass is 727 g/mol. The molecule has 0 bridgehead atoms. The molecule has 1 amide bonds. The van der Waals surface area contributed by atoms with Gasteiger partial charge in [-0.25, -0.2) is 26.7 Å². The van der Waals surface area contributed by atoms with Gasteiger partial charge in [0.1, 0.15) is 25.0 Å². The molecular formula is C30H40BrF6MgNO6. The molecule has 2 aromatic rings. The number of amides is 1. The summed E-state index contributed by atoms with van der Waals surface area (Å²) in [7, 11) is 3.12. The Bertz CT molecular complexity index is 1110. The second kappa shape index (κ2) is 24.5. The molecule has 0 aromatic heterocycles. The summed E-state index contributed by atoms with van der Waals surface area (Å²) in [5.74, 6) is -5.49. The summed E-state index contributed by atoms with van der Waals surface area (Å²) in [6, 6.07) is 3.59. The number of carbonyl (C=O) groups is 1. The zero-order chi connectivity index (χ0) is 32.4. The van der Waals surface area contributed by atoms with Crippen LogP contribution in [-0.2, 0) is 30.1 Å². The number of hydrogen-bond donors (Lipinski definition) is 1. The summed E-state index contributed by atoms with van der Waals surface area (Å²) in [5, 5.41) is 2.60. The van der Waals surface area contributed by atoms with Crippen molar-refractivity contribution in [3.05, 3.63) is 70.8 Å². The van der Waals surface area contributed by atoms with Gasteiger partial charge in [0.2, 0.25) is 0 Å². The van der Waals surface area contributed by atoms with E-state index in [2.05, 4.69) is 5.32 Å². The number of alkyl carbamates (subject to hydrolysis) is 1. The number of benzene rings is 2. The number of methoxy groups -OCH3 is 2. The number of carbonyl (C=O) groups excluding carboxylic acids is 1. The van der Waals surface area contributed by atoms with E-state index in [9.17, 15) is 31.1 Å². The van der Waals surface area contributed by atoms with E-state index in [-0.39, 0.29) is 65.4 Å². The van der Waals surface area contributed by atoms with Gasteiger partial charge in [0.05, 0.1) is 12.4 Å². The molecule has 0 heterocycles. The predicted octanol–water partition coefficient (Wildman–Crippen LogP) is 3.48. The summed E-state index contributed by atoms with van der Waals surface area (Å²) in [5.41, 5.74) is -0.749. The molecule has 2 aromatic carbocycles. The van der Waals surface area contributed by atoms with E-state index in [0.29, 0.717) is 31.4 Å². The number of rotatable bonds is 13. The fourth-order valence-corrected chi connectivity index (χ4v) is 3.27. The average Bonchev–Trinajstić information content (AvgIpc) is 3.74. The molecule has 1 N–H and O–H groups in total. The Balaban J connectivity index is 0. The molecule has 1 atom stereocenters. The minimum absolute atomic E-state index is 0. The Labute approximate surface area is 287 Å². The maximum absolute atomic E-state index is 13.8. The van der Waals surface area contributed by atoms with Crippen molar-refractivity contribution < 1.29 is 71.8 Å². The summed E-state index contributed by atoms with van der Waals surface area (Å²) in [6.45, 7) is 6.73. The zero-order valence-corrected chi connectivity index (χ0v) is 29.1. The van der Waals surface area contributed by atoms with Crippen LogP contribution in [0.4, 0.5) is 31.1 Å². The summed E-state index contributed by atoms with van der Waals surface area (Å²) >= 11 is 0. The Morgan fingerprint density at radius 1 is 0.889 bits per heavy atom. The van der Waals surface area contributed by atoms with E-state index in [0.717, 1.165) is 18.6 Å². The fourth-order valence-electron chi connectivity index (χ4n) is 3.27. The van der Waals surface area contributed by atoms with E-state index in [1.807, 2.05) is 6.07 Å². The topological polar surface area (TPSA) is 75.3 Å². The second-order valence-corrected chi connectivity index (χ2v) is 10.5. The number of nitrogens with one attached hydrogen (secondary N) is 1. The molecule has 45 heavy (non-hydrogen) atoms.